The van der Waals surface area contributed by atoms with Crippen LogP contribution in [0.25, 0.3) is 0 Å². The van der Waals surface area contributed by atoms with Gasteiger partial charge in [0.05, 0.1) is 23.9 Å². The second kappa shape index (κ2) is 5.96. The van der Waals surface area contributed by atoms with Crippen molar-refractivity contribution in [3.63, 3.8) is 0 Å². The molecule has 21 heavy (non-hydrogen) atoms. The number of aliphatic carboxylic acids is 1. The molecule has 114 valence electrons. The van der Waals surface area contributed by atoms with Crippen molar-refractivity contribution >= 4 is 27.3 Å². The molecule has 3 N–H and O–H groups in total. The topological polar surface area (TPSA) is 112 Å². The molecule has 0 aromatic carbocycles. The van der Waals surface area contributed by atoms with Crippen LogP contribution in [-0.2, 0) is 14.8 Å². The molecule has 1 atom stereocenters. The summed E-state index contributed by atoms with van der Waals surface area (Å²) >= 11 is 1.31. The molecule has 0 spiro atoms. The van der Waals surface area contributed by atoms with Crippen molar-refractivity contribution in [2.75, 3.05) is 0 Å². The smallest absolute Gasteiger partial charge is 0.305 e. The molecule has 0 radical (unpaired) electrons. The normalized spacial score (nSPS) is 13.2. The first kappa shape index (κ1) is 15.7. The Balaban J connectivity index is 2.34. The highest BCUT2D eigenvalue weighted by molar-refractivity contribution is 7.89. The molecule has 0 bridgehead atoms. The summed E-state index contributed by atoms with van der Waals surface area (Å²) < 4.78 is 27.4. The Labute approximate surface area is 126 Å². The van der Waals surface area contributed by atoms with Crippen molar-refractivity contribution in [2.24, 2.45) is 0 Å². The molecule has 0 aliphatic rings. The number of hydrogen-bond acceptors (Lipinski definition) is 5. The Morgan fingerprint density at radius 3 is 2.71 bits per heavy atom. The van der Waals surface area contributed by atoms with Gasteiger partial charge >= 0.3 is 5.97 Å². The van der Waals surface area contributed by atoms with Crippen LogP contribution in [-0.4, -0.2) is 29.7 Å². The third kappa shape index (κ3) is 3.49. The molecule has 2 aromatic rings. The van der Waals surface area contributed by atoms with Gasteiger partial charge in [0.1, 0.15) is 4.90 Å². The predicted molar refractivity (Wildman–Crippen MR) is 77.7 cm³/mol. The number of rotatable bonds is 6. The summed E-state index contributed by atoms with van der Waals surface area (Å²) in [5, 5.41) is 17.2. The molecule has 2 rings (SSSR count). The lowest BCUT2D eigenvalue weighted by atomic mass is 10.2. The number of carbonyl (C=O) groups is 1. The molecule has 0 aliphatic heterocycles. The number of sulfonamides is 1. The van der Waals surface area contributed by atoms with Gasteiger partial charge in [-0.05, 0) is 25.3 Å². The van der Waals surface area contributed by atoms with Crippen molar-refractivity contribution in [3.05, 3.63) is 33.8 Å². The van der Waals surface area contributed by atoms with Gasteiger partial charge in [-0.3, -0.25) is 9.89 Å². The maximum Gasteiger partial charge on any atom is 0.305 e. The molecule has 9 heteroatoms. The lowest BCUT2D eigenvalue weighted by Crippen LogP contribution is -2.30. The van der Waals surface area contributed by atoms with E-state index >= 15 is 0 Å². The summed E-state index contributed by atoms with van der Waals surface area (Å²) in [6.45, 7) is 3.18. The van der Waals surface area contributed by atoms with Crippen LogP contribution in [0.4, 0.5) is 0 Å². The molecule has 0 amide bonds. The van der Waals surface area contributed by atoms with Crippen LogP contribution in [0.1, 0.15) is 28.7 Å². The van der Waals surface area contributed by atoms with Gasteiger partial charge in [0.2, 0.25) is 10.0 Å². The minimum Gasteiger partial charge on any atom is -0.481 e. The summed E-state index contributed by atoms with van der Waals surface area (Å²) in [6.07, 6.45) is -0.324. The van der Waals surface area contributed by atoms with Crippen molar-refractivity contribution in [1.82, 2.24) is 14.9 Å². The van der Waals surface area contributed by atoms with E-state index in [9.17, 15) is 13.2 Å². The quantitative estimate of drug-likeness (QED) is 0.745. The number of carboxylic acids is 1. The van der Waals surface area contributed by atoms with E-state index in [4.69, 9.17) is 5.11 Å². The van der Waals surface area contributed by atoms with E-state index in [1.807, 2.05) is 0 Å². The number of nitrogens with one attached hydrogen (secondary N) is 2. The van der Waals surface area contributed by atoms with Crippen molar-refractivity contribution in [2.45, 2.75) is 31.2 Å². The Morgan fingerprint density at radius 1 is 1.52 bits per heavy atom. The van der Waals surface area contributed by atoms with Gasteiger partial charge in [0, 0.05) is 4.88 Å². The van der Waals surface area contributed by atoms with Crippen LogP contribution in [0, 0.1) is 13.8 Å². The highest BCUT2D eigenvalue weighted by atomic mass is 32.2. The van der Waals surface area contributed by atoms with E-state index in [1.54, 1.807) is 31.4 Å². The van der Waals surface area contributed by atoms with Gasteiger partial charge in [0.25, 0.3) is 0 Å². The molecule has 2 aromatic heterocycles. The number of nitrogens with zero attached hydrogens (tertiary/aromatic N) is 1. The fourth-order valence-electron chi connectivity index (χ4n) is 2.05. The lowest BCUT2D eigenvalue weighted by Gasteiger charge is -2.15. The summed E-state index contributed by atoms with van der Waals surface area (Å²) in [6, 6.07) is 2.65. The lowest BCUT2D eigenvalue weighted by molar-refractivity contribution is -0.137. The number of thiophene rings is 1. The van der Waals surface area contributed by atoms with E-state index in [2.05, 4.69) is 14.9 Å². The van der Waals surface area contributed by atoms with Crippen LogP contribution in [0.15, 0.2) is 22.4 Å². The van der Waals surface area contributed by atoms with E-state index in [0.29, 0.717) is 16.3 Å². The van der Waals surface area contributed by atoms with Crippen LogP contribution in [0.5, 0.6) is 0 Å². The first-order valence-corrected chi connectivity index (χ1v) is 8.46. The number of aryl methyl sites for hydroxylation is 2. The summed E-state index contributed by atoms with van der Waals surface area (Å²) in [7, 11) is -3.85. The van der Waals surface area contributed by atoms with E-state index < -0.39 is 22.0 Å². The maximum absolute atomic E-state index is 12.5. The fourth-order valence-corrected chi connectivity index (χ4v) is 4.49. The fraction of sp³-hybridized carbons (Fsp3) is 0.333. The second-order valence-corrected chi connectivity index (χ2v) is 7.18. The highest BCUT2D eigenvalue weighted by Gasteiger charge is 2.28. The van der Waals surface area contributed by atoms with E-state index in [0.717, 1.165) is 0 Å². The minimum absolute atomic E-state index is 0.0643. The Hall–Kier alpha value is -1.71. The van der Waals surface area contributed by atoms with Gasteiger partial charge in [-0.1, -0.05) is 6.07 Å². The van der Waals surface area contributed by atoms with Gasteiger partial charge < -0.3 is 5.11 Å². The first-order valence-electron chi connectivity index (χ1n) is 6.10. The zero-order chi connectivity index (χ0) is 15.6. The molecule has 0 fully saturated rings. The summed E-state index contributed by atoms with van der Waals surface area (Å²) in [4.78, 5) is 11.7. The van der Waals surface area contributed by atoms with Gasteiger partial charge in [0.15, 0.2) is 0 Å². The molecule has 1 unspecified atom stereocenters. The third-order valence-electron chi connectivity index (χ3n) is 2.89. The second-order valence-electron chi connectivity index (χ2n) is 4.55. The molecule has 0 aliphatic carbocycles. The van der Waals surface area contributed by atoms with Crippen molar-refractivity contribution < 1.29 is 18.3 Å². The van der Waals surface area contributed by atoms with Crippen molar-refractivity contribution in [1.29, 1.82) is 0 Å². The average Bonchev–Trinajstić information content (AvgIpc) is 2.97. The Kier molecular flexibility index (Phi) is 4.45. The maximum atomic E-state index is 12.5. The molecule has 2 heterocycles. The summed E-state index contributed by atoms with van der Waals surface area (Å²) in [5.41, 5.74) is 0.764. The highest BCUT2D eigenvalue weighted by Crippen LogP contribution is 2.26. The number of H-pyrrole nitrogens is 1. The van der Waals surface area contributed by atoms with Gasteiger partial charge in [-0.15, -0.1) is 11.3 Å². The van der Waals surface area contributed by atoms with Crippen molar-refractivity contribution in [3.8, 4) is 0 Å². The van der Waals surface area contributed by atoms with E-state index in [-0.39, 0.29) is 11.3 Å². The molecule has 0 saturated carbocycles. The van der Waals surface area contributed by atoms with Crippen LogP contribution in [0.2, 0.25) is 0 Å². The minimum atomic E-state index is -3.85. The van der Waals surface area contributed by atoms with Crippen LogP contribution < -0.4 is 4.72 Å². The van der Waals surface area contributed by atoms with E-state index in [1.165, 1.54) is 11.3 Å². The number of carboxylic acid groups (broad SMARTS) is 1. The largest absolute Gasteiger partial charge is 0.481 e. The number of aromatic amines is 1. The summed E-state index contributed by atoms with van der Waals surface area (Å²) in [5.74, 6) is -1.07. The third-order valence-corrected chi connectivity index (χ3v) is 5.61. The van der Waals surface area contributed by atoms with Crippen LogP contribution >= 0.6 is 11.3 Å². The zero-order valence-corrected chi connectivity index (χ0v) is 13.1. The SMILES string of the molecule is Cc1n[nH]c(C)c1S(=O)(=O)NC(CC(=O)O)c1cccs1. The molecular weight excluding hydrogens is 314 g/mol. The standard InChI is InChI=1S/C12H15N3O4S2/c1-7-12(8(2)14-13-7)21(18,19)15-9(6-11(16)17)10-4-3-5-20-10/h3-5,9,15H,6H2,1-2H3,(H,13,14)(H,16,17). The average molecular weight is 329 g/mol. The first-order chi connectivity index (χ1) is 9.81. The monoisotopic (exact) mass is 329 g/mol. The predicted octanol–water partition coefficient (Wildman–Crippen LogP) is 1.58. The molecule has 0 saturated heterocycles. The zero-order valence-electron chi connectivity index (χ0n) is 11.5. The number of aromatic nitrogens is 2. The molecular formula is C12H15N3O4S2. The van der Waals surface area contributed by atoms with Gasteiger partial charge in [-0.2, -0.15) is 5.10 Å². The Bertz CT molecular complexity index is 715. The number of hydrogen-bond donors (Lipinski definition) is 3. The Morgan fingerprint density at radius 2 is 2.24 bits per heavy atom. The molecule has 7 nitrogen and oxygen atoms in total. The van der Waals surface area contributed by atoms with Crippen LogP contribution in [0.3, 0.4) is 0 Å². The van der Waals surface area contributed by atoms with Gasteiger partial charge in [-0.25, -0.2) is 13.1 Å².